The second-order valence-electron chi connectivity index (χ2n) is 3.36. The van der Waals surface area contributed by atoms with Gasteiger partial charge in [0, 0.05) is 17.1 Å². The smallest absolute Gasteiger partial charge is 0.128 e. The third-order valence-electron chi connectivity index (χ3n) is 2.42. The normalized spacial score (nSPS) is 10.8. The third-order valence-corrected chi connectivity index (χ3v) is 2.42. The highest BCUT2D eigenvalue weighted by atomic mass is 16.6. The van der Waals surface area contributed by atoms with E-state index < -0.39 is 0 Å². The average Bonchev–Trinajstić information content (AvgIpc) is 2.73. The number of benzene rings is 1. The molecule has 4 nitrogen and oxygen atoms in total. The second-order valence-corrected chi connectivity index (χ2v) is 3.36. The number of hydrogen-bond donors (Lipinski definition) is 2. The number of fused-ring (bicyclic) bond motifs is 1. The van der Waals surface area contributed by atoms with Crippen molar-refractivity contribution in [2.24, 2.45) is 5.90 Å². The quantitative estimate of drug-likeness (QED) is 0.747. The third kappa shape index (κ3) is 1.95. The van der Waals surface area contributed by atoms with Gasteiger partial charge in [-0.15, -0.1) is 0 Å². The van der Waals surface area contributed by atoms with Crippen LogP contribution in [-0.4, -0.2) is 18.7 Å². The Hall–Kier alpha value is -1.52. The molecule has 1 aromatic carbocycles. The number of nitrogens with one attached hydrogen (secondary N) is 1. The van der Waals surface area contributed by atoms with Crippen LogP contribution in [0.1, 0.15) is 5.56 Å². The van der Waals surface area contributed by atoms with Crippen LogP contribution in [0.5, 0.6) is 5.75 Å². The van der Waals surface area contributed by atoms with Gasteiger partial charge in [-0.05, 0) is 30.2 Å². The Morgan fingerprint density at radius 3 is 3.00 bits per heavy atom. The van der Waals surface area contributed by atoms with Crippen LogP contribution < -0.4 is 10.6 Å². The molecule has 3 N–H and O–H groups in total. The molecule has 0 saturated carbocycles. The summed E-state index contributed by atoms with van der Waals surface area (Å²) in [4.78, 5) is 7.72. The van der Waals surface area contributed by atoms with E-state index in [0.29, 0.717) is 6.61 Å². The maximum Gasteiger partial charge on any atom is 0.128 e. The van der Waals surface area contributed by atoms with Gasteiger partial charge in [0.1, 0.15) is 5.75 Å². The predicted molar refractivity (Wildman–Crippen MR) is 58.7 cm³/mol. The Morgan fingerprint density at radius 2 is 2.27 bits per heavy atom. The van der Waals surface area contributed by atoms with E-state index in [2.05, 4.69) is 15.9 Å². The molecule has 0 aliphatic heterocycles. The fraction of sp³-hybridized carbons (Fsp3) is 0.273. The summed E-state index contributed by atoms with van der Waals surface area (Å²) in [5, 5.41) is 1.09. The lowest BCUT2D eigenvalue weighted by Gasteiger charge is -2.06. The zero-order valence-electron chi connectivity index (χ0n) is 8.62. The molecule has 0 aliphatic rings. The Bertz CT molecular complexity index is 451. The van der Waals surface area contributed by atoms with Gasteiger partial charge in [-0.25, -0.2) is 5.90 Å². The van der Waals surface area contributed by atoms with Gasteiger partial charge < -0.3 is 14.6 Å². The molecular formula is C11H14N2O2. The first-order chi connectivity index (χ1) is 7.35. The van der Waals surface area contributed by atoms with Crippen LogP contribution in [0.15, 0.2) is 24.4 Å². The molecule has 2 rings (SSSR count). The van der Waals surface area contributed by atoms with Crippen molar-refractivity contribution in [1.29, 1.82) is 0 Å². The lowest BCUT2D eigenvalue weighted by molar-refractivity contribution is 0.141. The zero-order chi connectivity index (χ0) is 10.7. The minimum atomic E-state index is 0.509. The van der Waals surface area contributed by atoms with Crippen molar-refractivity contribution in [1.82, 2.24) is 4.98 Å². The van der Waals surface area contributed by atoms with Crippen molar-refractivity contribution < 1.29 is 9.57 Å². The summed E-state index contributed by atoms with van der Waals surface area (Å²) in [6.45, 7) is 0.509. The van der Waals surface area contributed by atoms with Gasteiger partial charge in [-0.1, -0.05) is 0 Å². The summed E-state index contributed by atoms with van der Waals surface area (Å²) in [7, 11) is 1.67. The van der Waals surface area contributed by atoms with Crippen molar-refractivity contribution >= 4 is 10.9 Å². The first kappa shape index (κ1) is 10.0. The second kappa shape index (κ2) is 4.33. The maximum atomic E-state index is 5.31. The number of aromatic amines is 1. The lowest BCUT2D eigenvalue weighted by Crippen LogP contribution is -2.03. The molecule has 0 spiro atoms. The summed E-state index contributed by atoms with van der Waals surface area (Å²) < 4.78 is 5.31. The van der Waals surface area contributed by atoms with E-state index in [9.17, 15) is 0 Å². The SMILES string of the molecule is COc1cc(CCON)cc2[nH]ccc12. The molecule has 0 unspecified atom stereocenters. The average molecular weight is 206 g/mol. The van der Waals surface area contributed by atoms with Gasteiger partial charge in [0.05, 0.1) is 13.7 Å². The first-order valence-electron chi connectivity index (χ1n) is 4.81. The topological polar surface area (TPSA) is 60.3 Å². The highest BCUT2D eigenvalue weighted by Crippen LogP contribution is 2.26. The molecule has 1 heterocycles. The van der Waals surface area contributed by atoms with E-state index in [0.717, 1.165) is 28.6 Å². The number of hydrogen-bond acceptors (Lipinski definition) is 3. The summed E-state index contributed by atoms with van der Waals surface area (Å²) in [6.07, 6.45) is 2.68. The van der Waals surface area contributed by atoms with Crippen LogP contribution >= 0.6 is 0 Å². The number of nitrogens with two attached hydrogens (primary N) is 1. The maximum absolute atomic E-state index is 5.31. The molecule has 0 saturated heterocycles. The largest absolute Gasteiger partial charge is 0.496 e. The van der Waals surface area contributed by atoms with E-state index in [1.807, 2.05) is 18.3 Å². The molecule has 4 heteroatoms. The number of ether oxygens (including phenoxy) is 1. The summed E-state index contributed by atoms with van der Waals surface area (Å²) >= 11 is 0. The van der Waals surface area contributed by atoms with Crippen LogP contribution in [0.3, 0.4) is 0 Å². The van der Waals surface area contributed by atoms with E-state index >= 15 is 0 Å². The van der Waals surface area contributed by atoms with Gasteiger partial charge in [0.2, 0.25) is 0 Å². The van der Waals surface area contributed by atoms with Gasteiger partial charge in [0.15, 0.2) is 0 Å². The van der Waals surface area contributed by atoms with Crippen LogP contribution in [0.25, 0.3) is 10.9 Å². The Morgan fingerprint density at radius 1 is 1.40 bits per heavy atom. The highest BCUT2D eigenvalue weighted by Gasteiger charge is 2.05. The minimum absolute atomic E-state index is 0.509. The Labute approximate surface area is 87.9 Å². The molecule has 15 heavy (non-hydrogen) atoms. The van der Waals surface area contributed by atoms with E-state index in [1.165, 1.54) is 0 Å². The molecule has 1 aromatic heterocycles. The van der Waals surface area contributed by atoms with Gasteiger partial charge >= 0.3 is 0 Å². The van der Waals surface area contributed by atoms with E-state index in [1.54, 1.807) is 7.11 Å². The Balaban J connectivity index is 2.40. The number of H-pyrrole nitrogens is 1. The fourth-order valence-electron chi connectivity index (χ4n) is 1.68. The number of rotatable bonds is 4. The van der Waals surface area contributed by atoms with Crippen molar-refractivity contribution in [3.8, 4) is 5.75 Å². The first-order valence-corrected chi connectivity index (χ1v) is 4.81. The van der Waals surface area contributed by atoms with Crippen molar-refractivity contribution in [3.63, 3.8) is 0 Å². The molecule has 0 radical (unpaired) electrons. The summed E-state index contributed by atoms with van der Waals surface area (Å²) in [5.41, 5.74) is 2.22. The molecule has 0 amide bonds. The monoisotopic (exact) mass is 206 g/mol. The van der Waals surface area contributed by atoms with Crippen LogP contribution in [0, 0.1) is 0 Å². The van der Waals surface area contributed by atoms with Crippen LogP contribution in [0.4, 0.5) is 0 Å². The van der Waals surface area contributed by atoms with E-state index in [4.69, 9.17) is 10.6 Å². The van der Waals surface area contributed by atoms with Crippen molar-refractivity contribution in [3.05, 3.63) is 30.0 Å². The van der Waals surface area contributed by atoms with Crippen molar-refractivity contribution in [2.75, 3.05) is 13.7 Å². The van der Waals surface area contributed by atoms with E-state index in [-0.39, 0.29) is 0 Å². The van der Waals surface area contributed by atoms with Crippen LogP contribution in [-0.2, 0) is 11.3 Å². The summed E-state index contributed by atoms with van der Waals surface area (Å²) in [5.74, 6) is 5.88. The molecule has 2 aromatic rings. The molecule has 80 valence electrons. The fourth-order valence-corrected chi connectivity index (χ4v) is 1.68. The zero-order valence-corrected chi connectivity index (χ0v) is 8.62. The van der Waals surface area contributed by atoms with Gasteiger partial charge in [0.25, 0.3) is 0 Å². The number of methoxy groups -OCH3 is 1. The standard InChI is InChI=1S/C11H14N2O2/c1-14-11-7-8(3-5-15-12)6-10-9(11)2-4-13-10/h2,4,6-7,13H,3,5,12H2,1H3. The molecular weight excluding hydrogens is 192 g/mol. The van der Waals surface area contributed by atoms with Crippen molar-refractivity contribution in [2.45, 2.75) is 6.42 Å². The van der Waals surface area contributed by atoms with Gasteiger partial charge in [-0.3, -0.25) is 0 Å². The van der Waals surface area contributed by atoms with Crippen LogP contribution in [0.2, 0.25) is 0 Å². The lowest BCUT2D eigenvalue weighted by atomic mass is 10.1. The predicted octanol–water partition coefficient (Wildman–Crippen LogP) is 1.61. The Kier molecular flexibility index (Phi) is 2.89. The molecule has 0 aliphatic carbocycles. The summed E-state index contributed by atoms with van der Waals surface area (Å²) in [6, 6.07) is 6.09. The minimum Gasteiger partial charge on any atom is -0.496 e. The molecule has 0 bridgehead atoms. The van der Waals surface area contributed by atoms with Gasteiger partial charge in [-0.2, -0.15) is 0 Å². The molecule has 0 fully saturated rings. The highest BCUT2D eigenvalue weighted by molar-refractivity contribution is 5.86. The molecule has 0 atom stereocenters. The number of aromatic nitrogens is 1.